The first-order valence-corrected chi connectivity index (χ1v) is 15.8. The van der Waals surface area contributed by atoms with Crippen molar-refractivity contribution in [2.24, 2.45) is 10.9 Å². The summed E-state index contributed by atoms with van der Waals surface area (Å²) in [6, 6.07) is 19.0. The maximum atomic E-state index is 12.4. The van der Waals surface area contributed by atoms with Gasteiger partial charge in [-0.15, -0.1) is 0 Å². The molecule has 0 spiro atoms. The number of carbonyl (C=O) groups excluding carboxylic acids is 1. The van der Waals surface area contributed by atoms with Crippen molar-refractivity contribution < 1.29 is 45.3 Å². The molecule has 0 bridgehead atoms. The molecule has 3 heterocycles. The quantitative estimate of drug-likeness (QED) is 0.445. The van der Waals surface area contributed by atoms with Crippen LogP contribution < -0.4 is 10.9 Å². The third-order valence-electron chi connectivity index (χ3n) is 6.45. The Hall–Kier alpha value is -2.27. The molecule has 3 aliphatic heterocycles. The van der Waals surface area contributed by atoms with E-state index < -0.39 is 63.2 Å². The van der Waals surface area contributed by atoms with Gasteiger partial charge in [-0.2, -0.15) is 8.42 Å². The van der Waals surface area contributed by atoms with Crippen LogP contribution in [0.1, 0.15) is 44.1 Å². The van der Waals surface area contributed by atoms with Gasteiger partial charge in [0, 0.05) is 10.8 Å². The number of fused-ring (bicyclic) bond motifs is 3. The van der Waals surface area contributed by atoms with E-state index in [1.807, 2.05) is 60.7 Å². The fraction of sp³-hybridized carbons (Fsp3) is 0.519. The van der Waals surface area contributed by atoms with Crippen LogP contribution in [0.4, 0.5) is 0 Å². The summed E-state index contributed by atoms with van der Waals surface area (Å²) >= 11 is 0. The van der Waals surface area contributed by atoms with Gasteiger partial charge in [-0.25, -0.2) is 5.14 Å². The highest BCUT2D eigenvalue weighted by Crippen LogP contribution is 2.47. The first kappa shape index (κ1) is 31.7. The fourth-order valence-corrected chi connectivity index (χ4v) is 6.78. The summed E-state index contributed by atoms with van der Waals surface area (Å²) in [5, 5.41) is 4.57. The SMILES string of the molecule is CC1(C)O[C@@H]2[C@@H](CO[C@@]3(COS(N)(=O)=O)OC(C)(C)O[C@@H]23)O1.NC(=O)CS(=O)C(c1ccccc1)c1ccccc1. The minimum Gasteiger partial charge on any atom is -0.369 e. The molecule has 0 aromatic heterocycles. The van der Waals surface area contributed by atoms with E-state index in [2.05, 4.69) is 0 Å². The molecule has 0 saturated carbocycles. The summed E-state index contributed by atoms with van der Waals surface area (Å²) in [5.41, 5.74) is 7.00. The number of hydrogen-bond donors (Lipinski definition) is 2. The van der Waals surface area contributed by atoms with Gasteiger partial charge in [0.25, 0.3) is 0 Å². The van der Waals surface area contributed by atoms with Crippen LogP contribution in [0.5, 0.6) is 0 Å². The molecule has 1 unspecified atom stereocenters. The van der Waals surface area contributed by atoms with Gasteiger partial charge in [-0.3, -0.25) is 13.2 Å². The molecule has 5 rings (SSSR count). The van der Waals surface area contributed by atoms with Gasteiger partial charge < -0.3 is 29.4 Å². The van der Waals surface area contributed by atoms with Crippen LogP contribution in [0.25, 0.3) is 0 Å². The molecular weight excluding hydrogens is 576 g/mol. The minimum absolute atomic E-state index is 0.131. The second kappa shape index (κ2) is 12.1. The largest absolute Gasteiger partial charge is 0.369 e. The number of nitrogens with two attached hydrogens (primary N) is 2. The summed E-state index contributed by atoms with van der Waals surface area (Å²) in [7, 11) is -5.50. The van der Waals surface area contributed by atoms with Gasteiger partial charge in [0.15, 0.2) is 11.6 Å². The second-order valence-electron chi connectivity index (χ2n) is 10.7. The van der Waals surface area contributed by atoms with Crippen LogP contribution in [0.15, 0.2) is 60.7 Å². The highest BCUT2D eigenvalue weighted by Gasteiger charge is 2.65. The average molecular weight is 613 g/mol. The highest BCUT2D eigenvalue weighted by molar-refractivity contribution is 7.86. The number of rotatable bonds is 8. The van der Waals surface area contributed by atoms with Crippen LogP contribution in [0, 0.1) is 0 Å². The van der Waals surface area contributed by atoms with Gasteiger partial charge in [-0.1, -0.05) is 60.7 Å². The fourth-order valence-electron chi connectivity index (χ4n) is 5.09. The number of benzene rings is 2. The van der Waals surface area contributed by atoms with Crippen molar-refractivity contribution in [2.75, 3.05) is 19.0 Å². The van der Waals surface area contributed by atoms with Crippen molar-refractivity contribution >= 4 is 27.0 Å². The lowest BCUT2D eigenvalue weighted by Crippen LogP contribution is -2.60. The van der Waals surface area contributed by atoms with E-state index in [-0.39, 0.29) is 23.7 Å². The van der Waals surface area contributed by atoms with Crippen LogP contribution in [-0.4, -0.2) is 73.2 Å². The van der Waals surface area contributed by atoms with Crippen LogP contribution in [0.3, 0.4) is 0 Å². The standard InChI is InChI=1S/C15H15NO2S.C12H21NO8S/c16-14(17)11-19(18)15(12-7-3-1-4-8-12)13-9-5-2-6-10-13;1-10(2)18-7-5-16-12(6-17-22(13,14)15)9(8(7)19-10)20-11(3,4)21-12/h1-10,15H,11H2,(H2,16,17);7-9H,5-6H2,1-4H3,(H2,13,14,15)/t;7-,8-,9+,12+/m.1/s1. The van der Waals surface area contributed by atoms with Crippen LogP contribution >= 0.6 is 0 Å². The number of amides is 1. The molecule has 3 saturated heterocycles. The van der Waals surface area contributed by atoms with Crippen molar-refractivity contribution in [3.8, 4) is 0 Å². The van der Waals surface area contributed by atoms with Crippen molar-refractivity contribution in [2.45, 2.75) is 68.6 Å². The Balaban J connectivity index is 0.000000191. The van der Waals surface area contributed by atoms with Crippen molar-refractivity contribution in [1.29, 1.82) is 0 Å². The maximum absolute atomic E-state index is 12.4. The molecule has 5 atom stereocenters. The second-order valence-corrected chi connectivity index (χ2v) is 13.5. The van der Waals surface area contributed by atoms with E-state index in [1.54, 1.807) is 27.7 Å². The van der Waals surface area contributed by atoms with Crippen LogP contribution in [-0.2, 0) is 53.8 Å². The van der Waals surface area contributed by atoms with E-state index in [0.29, 0.717) is 0 Å². The number of ether oxygens (including phenoxy) is 5. The van der Waals surface area contributed by atoms with Crippen molar-refractivity contribution in [3.05, 3.63) is 71.8 Å². The van der Waals surface area contributed by atoms with E-state index >= 15 is 0 Å². The highest BCUT2D eigenvalue weighted by atomic mass is 32.2. The molecule has 12 nitrogen and oxygen atoms in total. The Kier molecular flexibility index (Phi) is 9.38. The van der Waals surface area contributed by atoms with Gasteiger partial charge in [0.05, 0.1) is 11.9 Å². The molecule has 0 radical (unpaired) electrons. The van der Waals surface area contributed by atoms with E-state index in [4.69, 9.17) is 38.7 Å². The van der Waals surface area contributed by atoms with Gasteiger partial charge in [0.1, 0.15) is 30.7 Å². The number of hydrogen-bond acceptors (Lipinski definition) is 10. The molecular formula is C27H36N2O10S2. The van der Waals surface area contributed by atoms with E-state index in [0.717, 1.165) is 11.1 Å². The van der Waals surface area contributed by atoms with Crippen molar-refractivity contribution in [3.63, 3.8) is 0 Å². The first-order valence-electron chi connectivity index (χ1n) is 12.9. The summed E-state index contributed by atoms with van der Waals surface area (Å²) < 4.78 is 68.3. The van der Waals surface area contributed by atoms with Gasteiger partial charge in [-0.05, 0) is 38.8 Å². The summed E-state index contributed by atoms with van der Waals surface area (Å²) in [5.74, 6) is -3.87. The Bertz CT molecular complexity index is 1300. The Labute approximate surface area is 242 Å². The zero-order valence-electron chi connectivity index (χ0n) is 23.3. The van der Waals surface area contributed by atoms with Crippen molar-refractivity contribution in [1.82, 2.24) is 0 Å². The molecule has 14 heteroatoms. The Morgan fingerprint density at radius 3 is 2.05 bits per heavy atom. The molecule has 3 aliphatic rings. The lowest BCUT2D eigenvalue weighted by molar-refractivity contribution is -0.290. The maximum Gasteiger partial charge on any atom is 0.333 e. The number of primary amides is 1. The predicted molar refractivity (Wildman–Crippen MR) is 149 cm³/mol. The molecule has 0 aliphatic carbocycles. The molecule has 2 aromatic rings. The zero-order valence-corrected chi connectivity index (χ0v) is 24.9. The molecule has 4 N–H and O–H groups in total. The average Bonchev–Trinajstić information content (AvgIpc) is 3.35. The first-order chi connectivity index (χ1) is 19.1. The monoisotopic (exact) mass is 612 g/mol. The molecule has 1 amide bonds. The summed E-state index contributed by atoms with van der Waals surface area (Å²) in [6.07, 6.45) is -1.50. The summed E-state index contributed by atoms with van der Waals surface area (Å²) in [4.78, 5) is 11.0. The molecule has 2 aromatic carbocycles. The van der Waals surface area contributed by atoms with E-state index in [9.17, 15) is 17.4 Å². The van der Waals surface area contributed by atoms with Gasteiger partial charge >= 0.3 is 10.3 Å². The summed E-state index contributed by atoms with van der Waals surface area (Å²) in [6.45, 7) is 6.71. The topological polar surface area (TPSA) is 176 Å². The van der Waals surface area contributed by atoms with Gasteiger partial charge in [0.2, 0.25) is 11.7 Å². The smallest absolute Gasteiger partial charge is 0.333 e. The van der Waals surface area contributed by atoms with E-state index in [1.165, 1.54) is 0 Å². The third-order valence-corrected chi connectivity index (χ3v) is 8.54. The lowest BCUT2D eigenvalue weighted by atomic mass is 9.98. The van der Waals surface area contributed by atoms with Crippen LogP contribution in [0.2, 0.25) is 0 Å². The predicted octanol–water partition coefficient (Wildman–Crippen LogP) is 1.61. The Morgan fingerprint density at radius 2 is 1.54 bits per heavy atom. The molecule has 226 valence electrons. The third kappa shape index (κ3) is 7.97. The lowest BCUT2D eigenvalue weighted by Gasteiger charge is -2.40. The zero-order chi connectivity index (χ0) is 30.1. The molecule has 41 heavy (non-hydrogen) atoms. The molecule has 3 fully saturated rings. The minimum atomic E-state index is -4.14. The Morgan fingerprint density at radius 1 is 0.976 bits per heavy atom. The number of carbonyl (C=O) groups is 1. The normalized spacial score (nSPS) is 28.7.